The number of urea groups is 1. The molecule has 1 fully saturated rings. The molecule has 22 heavy (non-hydrogen) atoms. The summed E-state index contributed by atoms with van der Waals surface area (Å²) in [5, 5.41) is 11.0. The van der Waals surface area contributed by atoms with E-state index in [1.807, 2.05) is 12.3 Å². The molecule has 0 atom stereocenters. The zero-order valence-electron chi connectivity index (χ0n) is 13.0. The molecule has 1 aliphatic rings. The molecule has 1 aromatic heterocycles. The standard InChI is InChI=1S/C15H24N4O2S/c1-2-16-13(20)9-8-12-10-22-15(18-12)19-14(21)17-11-6-4-3-5-7-11/h10-11H,2-9H2,1H3,(H,16,20)(H2,17,18,19,21). The summed E-state index contributed by atoms with van der Waals surface area (Å²) in [6.07, 6.45) is 6.77. The minimum Gasteiger partial charge on any atom is -0.356 e. The average molecular weight is 324 g/mol. The van der Waals surface area contributed by atoms with Crippen molar-refractivity contribution in [2.75, 3.05) is 11.9 Å². The molecule has 0 bridgehead atoms. The van der Waals surface area contributed by atoms with Crippen molar-refractivity contribution < 1.29 is 9.59 Å². The Kier molecular flexibility index (Phi) is 6.64. The number of aryl methyl sites for hydroxylation is 1. The highest BCUT2D eigenvalue weighted by Gasteiger charge is 2.16. The summed E-state index contributed by atoms with van der Waals surface area (Å²) in [4.78, 5) is 27.7. The summed E-state index contributed by atoms with van der Waals surface area (Å²) in [5.41, 5.74) is 0.837. The van der Waals surface area contributed by atoms with Crippen molar-refractivity contribution in [1.82, 2.24) is 15.6 Å². The Morgan fingerprint density at radius 3 is 2.82 bits per heavy atom. The van der Waals surface area contributed by atoms with Gasteiger partial charge in [0.15, 0.2) is 5.13 Å². The fourth-order valence-electron chi connectivity index (χ4n) is 2.57. The first-order valence-electron chi connectivity index (χ1n) is 7.96. The monoisotopic (exact) mass is 324 g/mol. The van der Waals surface area contributed by atoms with Gasteiger partial charge in [-0.15, -0.1) is 11.3 Å². The van der Waals surface area contributed by atoms with Crippen LogP contribution in [0.1, 0.15) is 51.1 Å². The van der Waals surface area contributed by atoms with Gasteiger partial charge >= 0.3 is 6.03 Å². The number of amides is 3. The lowest BCUT2D eigenvalue weighted by Gasteiger charge is -2.22. The van der Waals surface area contributed by atoms with Gasteiger partial charge in [-0.25, -0.2) is 9.78 Å². The molecule has 1 aromatic rings. The predicted octanol–water partition coefficient (Wildman–Crippen LogP) is 2.67. The van der Waals surface area contributed by atoms with Gasteiger partial charge in [0.05, 0.1) is 5.69 Å². The van der Waals surface area contributed by atoms with Gasteiger partial charge < -0.3 is 10.6 Å². The SMILES string of the molecule is CCNC(=O)CCc1csc(NC(=O)NC2CCCCC2)n1. The van der Waals surface area contributed by atoms with E-state index in [0.717, 1.165) is 18.5 Å². The van der Waals surface area contributed by atoms with Crippen molar-refractivity contribution in [2.45, 2.75) is 57.9 Å². The van der Waals surface area contributed by atoms with Crippen LogP contribution < -0.4 is 16.0 Å². The lowest BCUT2D eigenvalue weighted by atomic mass is 9.96. The molecule has 1 aliphatic carbocycles. The number of nitrogens with one attached hydrogen (secondary N) is 3. The predicted molar refractivity (Wildman–Crippen MR) is 88.1 cm³/mol. The molecule has 3 amide bonds. The summed E-state index contributed by atoms with van der Waals surface area (Å²) >= 11 is 1.39. The summed E-state index contributed by atoms with van der Waals surface area (Å²) in [5.74, 6) is 0.0278. The number of rotatable bonds is 6. The second-order valence-electron chi connectivity index (χ2n) is 5.53. The Hall–Kier alpha value is -1.63. The van der Waals surface area contributed by atoms with Crippen molar-refractivity contribution in [2.24, 2.45) is 0 Å². The normalized spacial score (nSPS) is 15.3. The molecule has 0 unspecified atom stereocenters. The van der Waals surface area contributed by atoms with Crippen LogP contribution in [0.4, 0.5) is 9.93 Å². The van der Waals surface area contributed by atoms with Crippen molar-refractivity contribution in [3.8, 4) is 0 Å². The highest BCUT2D eigenvalue weighted by Crippen LogP contribution is 2.19. The topological polar surface area (TPSA) is 83.1 Å². The maximum Gasteiger partial charge on any atom is 0.321 e. The van der Waals surface area contributed by atoms with Gasteiger partial charge in [0, 0.05) is 24.4 Å². The van der Waals surface area contributed by atoms with E-state index in [0.29, 0.717) is 24.5 Å². The fourth-order valence-corrected chi connectivity index (χ4v) is 3.31. The van der Waals surface area contributed by atoms with Crippen LogP contribution in [0.3, 0.4) is 0 Å². The second-order valence-corrected chi connectivity index (χ2v) is 6.39. The number of hydrogen-bond donors (Lipinski definition) is 3. The van der Waals surface area contributed by atoms with Crippen molar-refractivity contribution in [3.63, 3.8) is 0 Å². The van der Waals surface area contributed by atoms with Crippen LogP contribution in [0.15, 0.2) is 5.38 Å². The van der Waals surface area contributed by atoms with Gasteiger partial charge in [-0.05, 0) is 26.2 Å². The van der Waals surface area contributed by atoms with Crippen molar-refractivity contribution in [1.29, 1.82) is 0 Å². The number of hydrogen-bond acceptors (Lipinski definition) is 4. The molecule has 0 aromatic carbocycles. The van der Waals surface area contributed by atoms with Crippen LogP contribution >= 0.6 is 11.3 Å². The van der Waals surface area contributed by atoms with Gasteiger partial charge in [-0.1, -0.05) is 19.3 Å². The minimum atomic E-state index is -0.184. The molecule has 0 aliphatic heterocycles. The lowest BCUT2D eigenvalue weighted by molar-refractivity contribution is -0.120. The van der Waals surface area contributed by atoms with Crippen molar-refractivity contribution >= 4 is 28.4 Å². The zero-order valence-corrected chi connectivity index (χ0v) is 13.8. The van der Waals surface area contributed by atoms with Gasteiger partial charge in [-0.2, -0.15) is 0 Å². The molecule has 0 spiro atoms. The summed E-state index contributed by atoms with van der Waals surface area (Å²) in [6, 6.07) is 0.0995. The molecular formula is C15H24N4O2S. The molecule has 2 rings (SSSR count). The number of thiazole rings is 1. The van der Waals surface area contributed by atoms with Crippen LogP contribution in [-0.2, 0) is 11.2 Å². The number of anilines is 1. The molecule has 0 radical (unpaired) electrons. The smallest absolute Gasteiger partial charge is 0.321 e. The summed E-state index contributed by atoms with van der Waals surface area (Å²) < 4.78 is 0. The molecule has 1 heterocycles. The average Bonchev–Trinajstić information content (AvgIpc) is 2.94. The molecular weight excluding hydrogens is 300 g/mol. The van der Waals surface area contributed by atoms with Crippen LogP contribution in [0.5, 0.6) is 0 Å². The molecule has 1 saturated carbocycles. The van der Waals surface area contributed by atoms with Gasteiger partial charge in [0.25, 0.3) is 0 Å². The Labute approximate surface area is 135 Å². The van der Waals surface area contributed by atoms with E-state index in [-0.39, 0.29) is 18.0 Å². The van der Waals surface area contributed by atoms with Gasteiger partial charge in [0.1, 0.15) is 0 Å². The molecule has 6 nitrogen and oxygen atoms in total. The Morgan fingerprint density at radius 1 is 1.32 bits per heavy atom. The highest BCUT2D eigenvalue weighted by molar-refractivity contribution is 7.13. The first kappa shape index (κ1) is 16.7. The van der Waals surface area contributed by atoms with E-state index < -0.39 is 0 Å². The molecule has 0 saturated heterocycles. The Bertz CT molecular complexity index is 497. The Morgan fingerprint density at radius 2 is 2.09 bits per heavy atom. The van der Waals surface area contributed by atoms with E-state index in [1.165, 1.54) is 30.6 Å². The first-order chi connectivity index (χ1) is 10.7. The third-order valence-electron chi connectivity index (χ3n) is 3.69. The maximum atomic E-state index is 11.9. The molecule has 3 N–H and O–H groups in total. The quantitative estimate of drug-likeness (QED) is 0.752. The van der Waals surface area contributed by atoms with E-state index >= 15 is 0 Å². The minimum absolute atomic E-state index is 0.0278. The number of carbonyl (C=O) groups is 2. The van der Waals surface area contributed by atoms with Crippen LogP contribution in [0.2, 0.25) is 0 Å². The van der Waals surface area contributed by atoms with Gasteiger partial charge in [-0.3, -0.25) is 10.1 Å². The lowest BCUT2D eigenvalue weighted by Crippen LogP contribution is -2.39. The molecule has 7 heteroatoms. The zero-order chi connectivity index (χ0) is 15.8. The third kappa shape index (κ3) is 5.63. The number of aromatic nitrogens is 1. The van der Waals surface area contributed by atoms with Crippen LogP contribution in [0, 0.1) is 0 Å². The first-order valence-corrected chi connectivity index (χ1v) is 8.84. The van der Waals surface area contributed by atoms with Gasteiger partial charge in [0.2, 0.25) is 5.91 Å². The van der Waals surface area contributed by atoms with E-state index in [9.17, 15) is 9.59 Å². The highest BCUT2D eigenvalue weighted by atomic mass is 32.1. The number of nitrogens with zero attached hydrogens (tertiary/aromatic N) is 1. The summed E-state index contributed by atoms with van der Waals surface area (Å²) in [6.45, 7) is 2.54. The maximum absolute atomic E-state index is 11.9. The van der Waals surface area contributed by atoms with Crippen LogP contribution in [0.25, 0.3) is 0 Å². The van der Waals surface area contributed by atoms with Crippen molar-refractivity contribution in [3.05, 3.63) is 11.1 Å². The third-order valence-corrected chi connectivity index (χ3v) is 4.50. The summed E-state index contributed by atoms with van der Waals surface area (Å²) in [7, 11) is 0. The number of carbonyl (C=O) groups excluding carboxylic acids is 2. The largest absolute Gasteiger partial charge is 0.356 e. The van der Waals surface area contributed by atoms with Crippen LogP contribution in [-0.4, -0.2) is 29.5 Å². The Balaban J connectivity index is 1.73. The van der Waals surface area contributed by atoms with E-state index in [4.69, 9.17) is 0 Å². The second kappa shape index (κ2) is 8.73. The van der Waals surface area contributed by atoms with E-state index in [2.05, 4.69) is 20.9 Å². The molecule has 122 valence electrons. The fraction of sp³-hybridized carbons (Fsp3) is 0.667. The van der Waals surface area contributed by atoms with E-state index in [1.54, 1.807) is 0 Å².